The molecule has 1 rings (SSSR count). The van der Waals surface area contributed by atoms with Gasteiger partial charge in [-0.3, -0.25) is 4.79 Å². The summed E-state index contributed by atoms with van der Waals surface area (Å²) in [6.07, 6.45) is 3.40. The van der Waals surface area contributed by atoms with Crippen molar-refractivity contribution in [2.45, 2.75) is 38.1 Å². The third kappa shape index (κ3) is 3.48. The van der Waals surface area contributed by atoms with Crippen molar-refractivity contribution >= 4 is 11.9 Å². The molecule has 1 saturated heterocycles. The molecule has 0 aromatic heterocycles. The minimum absolute atomic E-state index is 0.0407. The molecule has 92 valence electrons. The van der Waals surface area contributed by atoms with Crippen molar-refractivity contribution in [3.05, 3.63) is 0 Å². The van der Waals surface area contributed by atoms with E-state index in [9.17, 15) is 9.59 Å². The van der Waals surface area contributed by atoms with E-state index in [1.54, 1.807) is 7.11 Å². The summed E-state index contributed by atoms with van der Waals surface area (Å²) < 4.78 is 4.89. The first-order chi connectivity index (χ1) is 7.66. The summed E-state index contributed by atoms with van der Waals surface area (Å²) in [4.78, 5) is 24.1. The molecule has 1 unspecified atom stereocenters. The number of carbonyl (C=O) groups is 2. The fraction of sp³-hybridized carbons (Fsp3) is 0.818. The molecule has 1 aliphatic rings. The van der Waals surface area contributed by atoms with E-state index >= 15 is 0 Å². The van der Waals surface area contributed by atoms with Gasteiger partial charge in [0.15, 0.2) is 0 Å². The van der Waals surface area contributed by atoms with Crippen LogP contribution in [0.3, 0.4) is 0 Å². The van der Waals surface area contributed by atoms with Crippen LogP contribution in [-0.4, -0.2) is 48.2 Å². The molecule has 0 saturated carbocycles. The van der Waals surface area contributed by atoms with E-state index in [4.69, 9.17) is 9.84 Å². The number of carboxylic acids is 1. The molecule has 0 aromatic carbocycles. The number of nitrogens with zero attached hydrogens (tertiary/aromatic N) is 1. The summed E-state index contributed by atoms with van der Waals surface area (Å²) >= 11 is 0. The summed E-state index contributed by atoms with van der Waals surface area (Å²) in [5.41, 5.74) is 0. The second kappa shape index (κ2) is 6.48. The molecule has 5 nitrogen and oxygen atoms in total. The fourth-order valence-corrected chi connectivity index (χ4v) is 1.99. The number of aliphatic carboxylic acids is 1. The Morgan fingerprint density at radius 1 is 1.44 bits per heavy atom. The Morgan fingerprint density at radius 3 is 2.81 bits per heavy atom. The maximum absolute atomic E-state index is 11.7. The van der Waals surface area contributed by atoms with Crippen LogP contribution in [0, 0.1) is 0 Å². The zero-order valence-corrected chi connectivity index (χ0v) is 9.65. The molecule has 1 fully saturated rings. The van der Waals surface area contributed by atoms with Gasteiger partial charge in [0, 0.05) is 26.7 Å². The smallest absolute Gasteiger partial charge is 0.326 e. The largest absolute Gasteiger partial charge is 0.480 e. The molecule has 0 radical (unpaired) electrons. The highest BCUT2D eigenvalue weighted by atomic mass is 16.5. The zero-order chi connectivity index (χ0) is 12.0. The Kier molecular flexibility index (Phi) is 5.25. The number of hydrogen-bond acceptors (Lipinski definition) is 3. The average molecular weight is 229 g/mol. The highest BCUT2D eigenvalue weighted by Crippen LogP contribution is 2.19. The molecule has 1 heterocycles. The Balaban J connectivity index is 2.32. The summed E-state index contributed by atoms with van der Waals surface area (Å²) in [6.45, 7) is 1.23. The number of likely N-dealkylation sites (tertiary alicyclic amines) is 1. The molecule has 0 bridgehead atoms. The van der Waals surface area contributed by atoms with Crippen molar-refractivity contribution in [1.29, 1.82) is 0 Å². The Hall–Kier alpha value is -1.10. The normalized spacial score (nSPS) is 20.1. The van der Waals surface area contributed by atoms with Gasteiger partial charge in [-0.1, -0.05) is 0 Å². The number of methoxy groups -OCH3 is 1. The molecule has 1 amide bonds. The maximum Gasteiger partial charge on any atom is 0.326 e. The molecule has 0 aliphatic carbocycles. The second-order valence-electron chi connectivity index (χ2n) is 4.03. The van der Waals surface area contributed by atoms with Gasteiger partial charge >= 0.3 is 5.97 Å². The van der Waals surface area contributed by atoms with Crippen LogP contribution in [0.15, 0.2) is 0 Å². The first-order valence-electron chi connectivity index (χ1n) is 5.68. The minimum atomic E-state index is -0.886. The van der Waals surface area contributed by atoms with Crippen molar-refractivity contribution in [3.8, 4) is 0 Å². The lowest BCUT2D eigenvalue weighted by atomic mass is 10.2. The van der Waals surface area contributed by atoms with E-state index in [0.29, 0.717) is 26.0 Å². The van der Waals surface area contributed by atoms with Crippen molar-refractivity contribution in [2.75, 3.05) is 20.3 Å². The fourth-order valence-electron chi connectivity index (χ4n) is 1.99. The monoisotopic (exact) mass is 229 g/mol. The molecule has 0 aromatic rings. The van der Waals surface area contributed by atoms with Crippen molar-refractivity contribution < 1.29 is 19.4 Å². The maximum atomic E-state index is 11.7. The third-order valence-corrected chi connectivity index (χ3v) is 2.85. The van der Waals surface area contributed by atoms with Crippen molar-refractivity contribution in [3.63, 3.8) is 0 Å². The number of carboxylic acid groups (broad SMARTS) is 1. The highest BCUT2D eigenvalue weighted by Gasteiger charge is 2.33. The first-order valence-corrected chi connectivity index (χ1v) is 5.68. The molecule has 0 spiro atoms. The lowest BCUT2D eigenvalue weighted by molar-refractivity contribution is -0.148. The SMILES string of the molecule is COCCCCC(=O)N1CCCC1C(=O)O. The highest BCUT2D eigenvalue weighted by molar-refractivity contribution is 5.84. The van der Waals surface area contributed by atoms with Gasteiger partial charge in [0.25, 0.3) is 0 Å². The lowest BCUT2D eigenvalue weighted by Gasteiger charge is -2.21. The summed E-state index contributed by atoms with van der Waals surface area (Å²) in [7, 11) is 1.63. The van der Waals surface area contributed by atoms with Crippen LogP contribution >= 0.6 is 0 Å². The topological polar surface area (TPSA) is 66.8 Å². The van der Waals surface area contributed by atoms with Gasteiger partial charge in [-0.05, 0) is 25.7 Å². The van der Waals surface area contributed by atoms with Gasteiger partial charge in [0.2, 0.25) is 5.91 Å². The number of hydrogen-bond donors (Lipinski definition) is 1. The van der Waals surface area contributed by atoms with Crippen LogP contribution in [-0.2, 0) is 14.3 Å². The van der Waals surface area contributed by atoms with Crippen molar-refractivity contribution in [2.24, 2.45) is 0 Å². The zero-order valence-electron chi connectivity index (χ0n) is 9.65. The van der Waals surface area contributed by atoms with E-state index < -0.39 is 12.0 Å². The van der Waals surface area contributed by atoms with Crippen LogP contribution in [0.2, 0.25) is 0 Å². The number of unbranched alkanes of at least 4 members (excludes halogenated alkanes) is 1. The van der Waals surface area contributed by atoms with Gasteiger partial charge in [0.05, 0.1) is 0 Å². The quantitative estimate of drug-likeness (QED) is 0.686. The van der Waals surface area contributed by atoms with E-state index in [-0.39, 0.29) is 5.91 Å². The molecular formula is C11H19NO4. The summed E-state index contributed by atoms with van der Waals surface area (Å²) in [6, 6.07) is -0.602. The number of carbonyl (C=O) groups excluding carboxylic acids is 1. The molecular weight excluding hydrogens is 210 g/mol. The Labute approximate surface area is 95.4 Å². The van der Waals surface area contributed by atoms with Crippen LogP contribution < -0.4 is 0 Å². The first kappa shape index (κ1) is 13.0. The second-order valence-corrected chi connectivity index (χ2v) is 4.03. The van der Waals surface area contributed by atoms with Gasteiger partial charge in [-0.15, -0.1) is 0 Å². The number of ether oxygens (including phenoxy) is 1. The van der Waals surface area contributed by atoms with Crippen LogP contribution in [0.25, 0.3) is 0 Å². The van der Waals surface area contributed by atoms with E-state index in [1.807, 2.05) is 0 Å². The van der Waals surface area contributed by atoms with Gasteiger partial charge in [-0.25, -0.2) is 4.79 Å². The summed E-state index contributed by atoms with van der Waals surface area (Å²) in [5, 5.41) is 8.93. The number of rotatable bonds is 6. The van der Waals surface area contributed by atoms with E-state index in [1.165, 1.54) is 4.90 Å². The molecule has 1 N–H and O–H groups in total. The standard InChI is InChI=1S/C11H19NO4/c1-16-8-3-2-6-10(13)12-7-4-5-9(12)11(14)15/h9H,2-8H2,1H3,(H,14,15). The van der Waals surface area contributed by atoms with E-state index in [2.05, 4.69) is 0 Å². The van der Waals surface area contributed by atoms with Crippen LogP contribution in [0.4, 0.5) is 0 Å². The molecule has 1 aliphatic heterocycles. The van der Waals surface area contributed by atoms with Crippen molar-refractivity contribution in [1.82, 2.24) is 4.90 Å². The number of amides is 1. The average Bonchev–Trinajstić information content (AvgIpc) is 2.73. The Bertz CT molecular complexity index is 254. The third-order valence-electron chi connectivity index (χ3n) is 2.85. The predicted octanol–water partition coefficient (Wildman–Crippen LogP) is 0.879. The molecule has 5 heteroatoms. The van der Waals surface area contributed by atoms with Crippen LogP contribution in [0.5, 0.6) is 0 Å². The minimum Gasteiger partial charge on any atom is -0.480 e. The predicted molar refractivity (Wildman–Crippen MR) is 58.1 cm³/mol. The summed E-state index contributed by atoms with van der Waals surface area (Å²) in [5.74, 6) is -0.927. The molecule has 16 heavy (non-hydrogen) atoms. The lowest BCUT2D eigenvalue weighted by Crippen LogP contribution is -2.40. The van der Waals surface area contributed by atoms with Crippen LogP contribution in [0.1, 0.15) is 32.1 Å². The van der Waals surface area contributed by atoms with E-state index in [0.717, 1.165) is 19.3 Å². The van der Waals surface area contributed by atoms with Gasteiger partial charge in [-0.2, -0.15) is 0 Å². The van der Waals surface area contributed by atoms with Gasteiger partial charge in [0.1, 0.15) is 6.04 Å². The Morgan fingerprint density at radius 2 is 2.19 bits per heavy atom. The van der Waals surface area contributed by atoms with Gasteiger partial charge < -0.3 is 14.7 Å². The molecule has 1 atom stereocenters.